The van der Waals surface area contributed by atoms with E-state index in [0.29, 0.717) is 18.4 Å². The van der Waals surface area contributed by atoms with E-state index >= 15 is 0 Å². The van der Waals surface area contributed by atoms with Crippen LogP contribution in [0, 0.1) is 18.8 Å². The Morgan fingerprint density at radius 1 is 1.35 bits per heavy atom. The highest BCUT2D eigenvalue weighted by atomic mass is 16.5. The molecule has 1 aliphatic carbocycles. The first-order valence-corrected chi connectivity index (χ1v) is 6.35. The lowest BCUT2D eigenvalue weighted by atomic mass is 9.97. The van der Waals surface area contributed by atoms with Crippen molar-refractivity contribution in [2.24, 2.45) is 24.6 Å². The van der Waals surface area contributed by atoms with Crippen LogP contribution in [0.25, 0.3) is 0 Å². The maximum atomic E-state index is 5.75. The second kappa shape index (κ2) is 5.60. The van der Waals surface area contributed by atoms with Crippen molar-refractivity contribution in [1.82, 2.24) is 14.8 Å². The number of aromatic nitrogens is 3. The van der Waals surface area contributed by atoms with Crippen molar-refractivity contribution in [2.75, 3.05) is 13.2 Å². The molecular weight excluding hydrogens is 216 g/mol. The van der Waals surface area contributed by atoms with Crippen LogP contribution in [0.15, 0.2) is 0 Å². The molecular formula is C12H22N4O. The molecule has 96 valence electrons. The molecule has 1 saturated carbocycles. The third kappa shape index (κ3) is 2.84. The normalized spacial score (nSPS) is 24.4. The Hall–Kier alpha value is -0.940. The number of hydrogen-bond donors (Lipinski definition) is 1. The van der Waals surface area contributed by atoms with Gasteiger partial charge in [0, 0.05) is 7.05 Å². The van der Waals surface area contributed by atoms with Gasteiger partial charge >= 0.3 is 0 Å². The second-order valence-electron chi connectivity index (χ2n) is 4.92. The number of hydrogen-bond acceptors (Lipinski definition) is 4. The molecule has 0 radical (unpaired) electrons. The van der Waals surface area contributed by atoms with Crippen molar-refractivity contribution in [3.05, 3.63) is 11.6 Å². The highest BCUT2D eigenvalue weighted by Crippen LogP contribution is 2.31. The minimum absolute atomic E-state index is 0.547. The molecule has 0 aliphatic heterocycles. The molecule has 17 heavy (non-hydrogen) atoms. The van der Waals surface area contributed by atoms with E-state index in [1.165, 1.54) is 19.3 Å². The smallest absolute Gasteiger partial charge is 0.158 e. The van der Waals surface area contributed by atoms with Gasteiger partial charge in [0.1, 0.15) is 12.4 Å². The molecule has 2 unspecified atom stereocenters. The van der Waals surface area contributed by atoms with Crippen LogP contribution in [0.4, 0.5) is 0 Å². The predicted molar refractivity (Wildman–Crippen MR) is 65.3 cm³/mol. The van der Waals surface area contributed by atoms with Gasteiger partial charge in [-0.2, -0.15) is 0 Å². The van der Waals surface area contributed by atoms with Gasteiger partial charge in [-0.25, -0.2) is 0 Å². The molecule has 1 fully saturated rings. The summed E-state index contributed by atoms with van der Waals surface area (Å²) in [5.41, 5.74) is 5.75. The first kappa shape index (κ1) is 12.5. The lowest BCUT2D eigenvalue weighted by Gasteiger charge is -2.17. The molecule has 1 aromatic heterocycles. The monoisotopic (exact) mass is 238 g/mol. The molecule has 0 spiro atoms. The SMILES string of the molecule is Cc1nnc(COCC2CCCC2CN)n1C. The van der Waals surface area contributed by atoms with E-state index in [2.05, 4.69) is 10.2 Å². The Kier molecular flexibility index (Phi) is 4.12. The van der Waals surface area contributed by atoms with Gasteiger partial charge < -0.3 is 15.0 Å². The molecule has 2 atom stereocenters. The van der Waals surface area contributed by atoms with Crippen molar-refractivity contribution in [3.63, 3.8) is 0 Å². The van der Waals surface area contributed by atoms with Crippen molar-refractivity contribution >= 4 is 0 Å². The quantitative estimate of drug-likeness (QED) is 0.831. The number of nitrogens with two attached hydrogens (primary N) is 1. The van der Waals surface area contributed by atoms with Crippen LogP contribution in [-0.4, -0.2) is 27.9 Å². The van der Waals surface area contributed by atoms with Gasteiger partial charge in [0.25, 0.3) is 0 Å². The van der Waals surface area contributed by atoms with E-state index in [4.69, 9.17) is 10.5 Å². The topological polar surface area (TPSA) is 66.0 Å². The van der Waals surface area contributed by atoms with Crippen molar-refractivity contribution in [3.8, 4) is 0 Å². The molecule has 1 heterocycles. The molecule has 0 aromatic carbocycles. The molecule has 0 bridgehead atoms. The lowest BCUT2D eigenvalue weighted by molar-refractivity contribution is 0.0698. The Labute approximate surface area is 102 Å². The molecule has 0 saturated heterocycles. The zero-order valence-electron chi connectivity index (χ0n) is 10.7. The van der Waals surface area contributed by atoms with E-state index in [-0.39, 0.29) is 0 Å². The Bertz CT molecular complexity index is 363. The van der Waals surface area contributed by atoms with E-state index in [1.54, 1.807) is 0 Å². The van der Waals surface area contributed by atoms with Crippen LogP contribution < -0.4 is 5.73 Å². The first-order chi connectivity index (χ1) is 8.22. The summed E-state index contributed by atoms with van der Waals surface area (Å²) < 4.78 is 7.72. The van der Waals surface area contributed by atoms with E-state index in [0.717, 1.165) is 24.8 Å². The van der Waals surface area contributed by atoms with Crippen LogP contribution in [0.3, 0.4) is 0 Å². The zero-order valence-corrected chi connectivity index (χ0v) is 10.7. The van der Waals surface area contributed by atoms with Gasteiger partial charge in [0.15, 0.2) is 5.82 Å². The van der Waals surface area contributed by atoms with Crippen LogP contribution >= 0.6 is 0 Å². The van der Waals surface area contributed by atoms with E-state index < -0.39 is 0 Å². The largest absolute Gasteiger partial charge is 0.373 e. The fourth-order valence-electron chi connectivity index (χ4n) is 2.52. The number of nitrogens with zero attached hydrogens (tertiary/aromatic N) is 3. The van der Waals surface area contributed by atoms with Gasteiger partial charge in [0.2, 0.25) is 0 Å². The maximum Gasteiger partial charge on any atom is 0.158 e. The summed E-state index contributed by atoms with van der Waals surface area (Å²) in [6.07, 6.45) is 3.80. The summed E-state index contributed by atoms with van der Waals surface area (Å²) in [5.74, 6) is 3.10. The van der Waals surface area contributed by atoms with Crippen LogP contribution in [-0.2, 0) is 18.4 Å². The van der Waals surface area contributed by atoms with Crippen molar-refractivity contribution in [1.29, 1.82) is 0 Å². The van der Waals surface area contributed by atoms with Crippen LogP contribution in [0.1, 0.15) is 30.9 Å². The lowest BCUT2D eigenvalue weighted by Crippen LogP contribution is -2.22. The molecule has 5 nitrogen and oxygen atoms in total. The average Bonchev–Trinajstić information content (AvgIpc) is 2.90. The molecule has 1 aliphatic rings. The Morgan fingerprint density at radius 3 is 2.76 bits per heavy atom. The number of aryl methyl sites for hydroxylation is 1. The van der Waals surface area contributed by atoms with Crippen LogP contribution in [0.5, 0.6) is 0 Å². The molecule has 0 amide bonds. The van der Waals surface area contributed by atoms with Crippen LogP contribution in [0.2, 0.25) is 0 Å². The zero-order chi connectivity index (χ0) is 12.3. The summed E-state index contributed by atoms with van der Waals surface area (Å²) in [7, 11) is 1.96. The van der Waals surface area contributed by atoms with Gasteiger partial charge in [-0.05, 0) is 38.1 Å². The highest BCUT2D eigenvalue weighted by molar-refractivity contribution is 4.90. The maximum absolute atomic E-state index is 5.75. The molecule has 5 heteroatoms. The van der Waals surface area contributed by atoms with Gasteiger partial charge in [0.05, 0.1) is 6.61 Å². The fourth-order valence-corrected chi connectivity index (χ4v) is 2.52. The summed E-state index contributed by atoms with van der Waals surface area (Å²) in [6, 6.07) is 0. The minimum Gasteiger partial charge on any atom is -0.373 e. The standard InChI is InChI=1S/C12H22N4O/c1-9-14-15-12(16(9)2)8-17-7-11-5-3-4-10(11)6-13/h10-11H,3-8,13H2,1-2H3. The summed E-state index contributed by atoms with van der Waals surface area (Å²) in [5, 5.41) is 8.09. The highest BCUT2D eigenvalue weighted by Gasteiger charge is 2.26. The molecule has 2 N–H and O–H groups in total. The predicted octanol–water partition coefficient (Wildman–Crippen LogP) is 1.02. The third-order valence-corrected chi connectivity index (χ3v) is 3.87. The summed E-state index contributed by atoms with van der Waals surface area (Å²) in [4.78, 5) is 0. The van der Waals surface area contributed by atoms with Crippen molar-refractivity contribution < 1.29 is 4.74 Å². The van der Waals surface area contributed by atoms with Crippen molar-refractivity contribution in [2.45, 2.75) is 32.8 Å². The Balaban J connectivity index is 1.78. The number of ether oxygens (including phenoxy) is 1. The third-order valence-electron chi connectivity index (χ3n) is 3.87. The van der Waals surface area contributed by atoms with Gasteiger partial charge in [-0.3, -0.25) is 0 Å². The summed E-state index contributed by atoms with van der Waals surface area (Å²) >= 11 is 0. The average molecular weight is 238 g/mol. The van der Waals surface area contributed by atoms with E-state index in [1.807, 2.05) is 18.5 Å². The van der Waals surface area contributed by atoms with Gasteiger partial charge in [-0.1, -0.05) is 6.42 Å². The Morgan fingerprint density at radius 2 is 2.12 bits per heavy atom. The second-order valence-corrected chi connectivity index (χ2v) is 4.92. The number of rotatable bonds is 5. The minimum atomic E-state index is 0.547. The molecule has 2 rings (SSSR count). The fraction of sp³-hybridized carbons (Fsp3) is 0.833. The summed E-state index contributed by atoms with van der Waals surface area (Å²) in [6.45, 7) is 4.08. The molecule has 1 aromatic rings. The van der Waals surface area contributed by atoms with Gasteiger partial charge in [-0.15, -0.1) is 10.2 Å². The van der Waals surface area contributed by atoms with E-state index in [9.17, 15) is 0 Å². The first-order valence-electron chi connectivity index (χ1n) is 6.35.